The van der Waals surface area contributed by atoms with E-state index in [1.54, 1.807) is 17.0 Å². The quantitative estimate of drug-likeness (QED) is 0.646. The topological polar surface area (TPSA) is 84.9 Å². The Morgan fingerprint density at radius 2 is 2.04 bits per heavy atom. The van der Waals surface area contributed by atoms with Crippen molar-refractivity contribution in [1.82, 2.24) is 15.1 Å². The second kappa shape index (κ2) is 9.04. The lowest BCUT2D eigenvalue weighted by molar-refractivity contribution is 0.0657. The molecule has 0 saturated carbocycles. The molecule has 1 N–H and O–H groups in total. The minimum atomic E-state index is -0.382. The number of carbonyl (C=O) groups is 1. The van der Waals surface area contributed by atoms with Crippen molar-refractivity contribution < 1.29 is 13.6 Å². The van der Waals surface area contributed by atoms with Gasteiger partial charge in [-0.15, -0.1) is 0 Å². The molecule has 1 aliphatic rings. The van der Waals surface area contributed by atoms with Gasteiger partial charge in [-0.05, 0) is 37.3 Å². The van der Waals surface area contributed by atoms with E-state index in [-0.39, 0.29) is 18.3 Å². The fourth-order valence-corrected chi connectivity index (χ4v) is 3.03. The Bertz CT molecular complexity index is 880. The van der Waals surface area contributed by atoms with Crippen molar-refractivity contribution in [3.05, 3.63) is 59.3 Å². The average molecular weight is 383 g/mol. The number of hydrogen-bond donors (Lipinski definition) is 1. The summed E-state index contributed by atoms with van der Waals surface area (Å²) >= 11 is 0. The largest absolute Gasteiger partial charge is 0.459 e. The van der Waals surface area contributed by atoms with Gasteiger partial charge in [-0.25, -0.2) is 9.38 Å². The Morgan fingerprint density at radius 1 is 1.29 bits per heavy atom. The second-order valence-corrected chi connectivity index (χ2v) is 6.34. The second-order valence-electron chi connectivity index (χ2n) is 6.34. The molecule has 1 saturated heterocycles. The van der Waals surface area contributed by atoms with Crippen molar-refractivity contribution in [3.8, 4) is 6.07 Å². The van der Waals surface area contributed by atoms with Gasteiger partial charge in [0.15, 0.2) is 11.7 Å². The Morgan fingerprint density at radius 3 is 2.68 bits per heavy atom. The lowest BCUT2D eigenvalue weighted by Gasteiger charge is -2.36. The molecule has 3 rings (SSSR count). The minimum absolute atomic E-state index is 0.123. The van der Waals surface area contributed by atoms with Crippen molar-refractivity contribution in [1.29, 1.82) is 5.26 Å². The third kappa shape index (κ3) is 4.49. The molecule has 7 nitrogen and oxygen atoms in total. The molecule has 146 valence electrons. The van der Waals surface area contributed by atoms with Gasteiger partial charge in [-0.3, -0.25) is 4.79 Å². The number of piperazine rings is 1. The van der Waals surface area contributed by atoms with E-state index < -0.39 is 0 Å². The number of benzene rings is 1. The monoisotopic (exact) mass is 383 g/mol. The zero-order valence-corrected chi connectivity index (χ0v) is 15.7. The van der Waals surface area contributed by atoms with Gasteiger partial charge >= 0.3 is 0 Å². The van der Waals surface area contributed by atoms with Crippen molar-refractivity contribution >= 4 is 11.9 Å². The first-order chi connectivity index (χ1) is 13.6. The molecule has 0 aliphatic carbocycles. The maximum Gasteiger partial charge on any atom is 0.289 e. The Kier molecular flexibility index (Phi) is 6.27. The highest BCUT2D eigenvalue weighted by Crippen LogP contribution is 2.13. The van der Waals surface area contributed by atoms with Gasteiger partial charge in [0.1, 0.15) is 5.82 Å². The molecule has 0 unspecified atom stereocenters. The van der Waals surface area contributed by atoms with Crippen molar-refractivity contribution in [3.63, 3.8) is 0 Å². The molecule has 0 radical (unpaired) electrons. The molecular weight excluding hydrogens is 361 g/mol. The highest BCUT2D eigenvalue weighted by atomic mass is 19.1. The molecular formula is C20H22FN5O2. The summed E-state index contributed by atoms with van der Waals surface area (Å²) in [6.07, 6.45) is 1.49. The summed E-state index contributed by atoms with van der Waals surface area (Å²) < 4.78 is 19.2. The van der Waals surface area contributed by atoms with Gasteiger partial charge in [-0.2, -0.15) is 5.26 Å². The molecule has 28 heavy (non-hydrogen) atoms. The minimum Gasteiger partial charge on any atom is -0.459 e. The van der Waals surface area contributed by atoms with Crippen molar-refractivity contribution in [2.45, 2.75) is 13.5 Å². The molecule has 8 heteroatoms. The molecule has 1 aromatic carbocycles. The number of nitriles is 1. The number of carbonyl (C=O) groups excluding carboxylic acids is 1. The summed E-state index contributed by atoms with van der Waals surface area (Å²) in [4.78, 5) is 20.7. The summed E-state index contributed by atoms with van der Waals surface area (Å²) in [5.41, 5.74) is 0.780. The lowest BCUT2D eigenvalue weighted by Crippen LogP contribution is -2.53. The highest BCUT2D eigenvalue weighted by Gasteiger charge is 2.25. The molecule has 1 aromatic heterocycles. The number of guanidine groups is 1. The molecule has 2 heterocycles. The lowest BCUT2D eigenvalue weighted by atomic mass is 10.1. The summed E-state index contributed by atoms with van der Waals surface area (Å²) in [7, 11) is 0. The summed E-state index contributed by atoms with van der Waals surface area (Å²) in [5, 5.41) is 12.2. The third-order valence-corrected chi connectivity index (χ3v) is 4.51. The standard InChI is InChI=1S/C20H22FN5O2/c1-2-23-20(24-14-16-12-15(13-22)5-6-17(16)21)26-9-7-25(8-10-26)19(27)18-4-3-11-28-18/h3-6,11-12H,2,7-10,14H2,1H3,(H,23,24). The summed E-state index contributed by atoms with van der Waals surface area (Å²) in [6, 6.07) is 9.61. The van der Waals surface area contributed by atoms with Crippen LogP contribution in [0.4, 0.5) is 4.39 Å². The van der Waals surface area contributed by atoms with Crippen LogP contribution in [0.3, 0.4) is 0 Å². The predicted octanol–water partition coefficient (Wildman–Crippen LogP) is 2.21. The van der Waals surface area contributed by atoms with E-state index in [1.807, 2.05) is 17.9 Å². The van der Waals surface area contributed by atoms with Crippen LogP contribution in [-0.4, -0.2) is 54.4 Å². The van der Waals surface area contributed by atoms with E-state index in [2.05, 4.69) is 10.3 Å². The van der Waals surface area contributed by atoms with Crippen LogP contribution >= 0.6 is 0 Å². The van der Waals surface area contributed by atoms with E-state index >= 15 is 0 Å². The maximum absolute atomic E-state index is 14.0. The van der Waals surface area contributed by atoms with Gasteiger partial charge < -0.3 is 19.5 Å². The van der Waals surface area contributed by atoms with E-state index in [4.69, 9.17) is 9.68 Å². The average Bonchev–Trinajstić information content (AvgIpc) is 3.26. The number of furan rings is 1. The number of aliphatic imine (C=N–C) groups is 1. The zero-order valence-electron chi connectivity index (χ0n) is 15.7. The van der Waals surface area contributed by atoms with Gasteiger partial charge in [0.05, 0.1) is 24.4 Å². The number of halogens is 1. The number of nitrogens with one attached hydrogen (secondary N) is 1. The molecule has 0 spiro atoms. The molecule has 0 atom stereocenters. The summed E-state index contributed by atoms with van der Waals surface area (Å²) in [6.45, 7) is 5.08. The molecule has 1 fully saturated rings. The molecule has 2 aromatic rings. The predicted molar refractivity (Wildman–Crippen MR) is 102 cm³/mol. The number of rotatable bonds is 4. The fraction of sp³-hybridized carbons (Fsp3) is 0.350. The van der Waals surface area contributed by atoms with Crippen molar-refractivity contribution in [2.24, 2.45) is 4.99 Å². The van der Waals surface area contributed by atoms with Crippen LogP contribution in [0.5, 0.6) is 0 Å². The Labute approximate surface area is 163 Å². The van der Waals surface area contributed by atoms with Crippen LogP contribution < -0.4 is 5.32 Å². The first-order valence-electron chi connectivity index (χ1n) is 9.17. The van der Waals surface area contributed by atoms with Crippen LogP contribution in [0, 0.1) is 17.1 Å². The number of nitrogens with zero attached hydrogens (tertiary/aromatic N) is 4. The molecule has 0 bridgehead atoms. The number of hydrogen-bond acceptors (Lipinski definition) is 4. The molecule has 1 aliphatic heterocycles. The fourth-order valence-electron chi connectivity index (χ4n) is 3.03. The first-order valence-corrected chi connectivity index (χ1v) is 9.17. The van der Waals surface area contributed by atoms with Gasteiger partial charge in [0.2, 0.25) is 0 Å². The zero-order chi connectivity index (χ0) is 19.9. The SMILES string of the molecule is CCNC(=NCc1cc(C#N)ccc1F)N1CCN(C(=O)c2ccco2)CC1. The van der Waals surface area contributed by atoms with E-state index in [1.165, 1.54) is 24.5 Å². The van der Waals surface area contributed by atoms with Gasteiger partial charge in [0.25, 0.3) is 5.91 Å². The maximum atomic E-state index is 14.0. The Balaban J connectivity index is 1.65. The first kappa shape index (κ1) is 19.4. The van der Waals surface area contributed by atoms with Crippen molar-refractivity contribution in [2.75, 3.05) is 32.7 Å². The van der Waals surface area contributed by atoms with Gasteiger partial charge in [-0.1, -0.05) is 0 Å². The highest BCUT2D eigenvalue weighted by molar-refractivity contribution is 5.91. The Hall–Kier alpha value is -3.34. The van der Waals surface area contributed by atoms with Crippen LogP contribution in [0.25, 0.3) is 0 Å². The normalized spacial score (nSPS) is 14.7. The van der Waals surface area contributed by atoms with E-state index in [9.17, 15) is 9.18 Å². The summed E-state index contributed by atoms with van der Waals surface area (Å²) in [5.74, 6) is 0.491. The smallest absolute Gasteiger partial charge is 0.289 e. The van der Waals surface area contributed by atoms with Crippen LogP contribution in [0.2, 0.25) is 0 Å². The van der Waals surface area contributed by atoms with Crippen LogP contribution in [0.15, 0.2) is 46.0 Å². The van der Waals surface area contributed by atoms with E-state index in [0.717, 1.165) is 0 Å². The van der Waals surface area contributed by atoms with Crippen LogP contribution in [0.1, 0.15) is 28.6 Å². The van der Waals surface area contributed by atoms with E-state index in [0.29, 0.717) is 55.6 Å². The van der Waals surface area contributed by atoms with Crippen LogP contribution in [-0.2, 0) is 6.54 Å². The molecule has 1 amide bonds. The van der Waals surface area contributed by atoms with Gasteiger partial charge in [0, 0.05) is 38.3 Å². The third-order valence-electron chi connectivity index (χ3n) is 4.51. The number of amides is 1.